The van der Waals surface area contributed by atoms with Gasteiger partial charge in [0.05, 0.1) is 6.20 Å². The molecule has 1 saturated heterocycles. The highest BCUT2D eigenvalue weighted by molar-refractivity contribution is 5.72. The van der Waals surface area contributed by atoms with Crippen molar-refractivity contribution in [3.63, 3.8) is 0 Å². The summed E-state index contributed by atoms with van der Waals surface area (Å²) in [5, 5.41) is 6.35. The molecule has 0 amide bonds. The van der Waals surface area contributed by atoms with Crippen molar-refractivity contribution in [1.82, 2.24) is 14.9 Å². The average Bonchev–Trinajstić information content (AvgIpc) is 3.56. The van der Waals surface area contributed by atoms with Gasteiger partial charge in [0, 0.05) is 67.9 Å². The van der Waals surface area contributed by atoms with E-state index in [0.717, 1.165) is 44.1 Å². The molecule has 1 spiro atoms. The molecule has 3 aromatic rings. The maximum Gasteiger partial charge on any atom is 0.229 e. The molecule has 0 bridgehead atoms. The standard InChI is InChI=1S/C26H30FN7/c1-32-11-13-34(14-12-32)20-6-3-18(4-7-20)30-25-28-16-22(27)24(31-25)29-19-5-8-21-23(15-19)33(2)17-26(21)9-10-26/h3-8,15-16H,9-14,17H2,1-2H3,(H2,28,29,30,31). The average molecular weight is 460 g/mol. The van der Waals surface area contributed by atoms with Crippen molar-refractivity contribution in [2.75, 3.05) is 67.3 Å². The zero-order chi connectivity index (χ0) is 23.3. The van der Waals surface area contributed by atoms with Gasteiger partial charge in [0.2, 0.25) is 5.95 Å². The molecule has 2 aromatic carbocycles. The van der Waals surface area contributed by atoms with E-state index < -0.39 is 5.82 Å². The quantitative estimate of drug-likeness (QED) is 0.589. The highest BCUT2D eigenvalue weighted by Crippen LogP contribution is 2.56. The summed E-state index contributed by atoms with van der Waals surface area (Å²) < 4.78 is 14.5. The maximum absolute atomic E-state index is 14.5. The normalized spacial score (nSPS) is 18.8. The number of likely N-dealkylation sites (N-methyl/N-ethyl adjacent to an activating group) is 2. The van der Waals surface area contributed by atoms with Crippen LogP contribution in [0.15, 0.2) is 48.7 Å². The van der Waals surface area contributed by atoms with Gasteiger partial charge in [-0.1, -0.05) is 6.07 Å². The van der Waals surface area contributed by atoms with Crippen LogP contribution in [-0.4, -0.2) is 61.7 Å². The van der Waals surface area contributed by atoms with Crippen LogP contribution < -0.4 is 20.4 Å². The fraction of sp³-hybridized carbons (Fsp3) is 0.385. The van der Waals surface area contributed by atoms with Crippen molar-refractivity contribution in [3.05, 3.63) is 60.0 Å². The Morgan fingerprint density at radius 1 is 0.912 bits per heavy atom. The summed E-state index contributed by atoms with van der Waals surface area (Å²) in [6, 6.07) is 14.5. The molecule has 3 heterocycles. The molecule has 2 N–H and O–H groups in total. The zero-order valence-electron chi connectivity index (χ0n) is 19.7. The number of hydrogen-bond donors (Lipinski definition) is 2. The minimum atomic E-state index is -0.483. The SMILES string of the molecule is CN1CCN(c2ccc(Nc3ncc(F)c(Nc4ccc5c(c4)N(C)CC54CC4)n3)cc2)CC1. The highest BCUT2D eigenvalue weighted by Gasteiger charge is 2.50. The molecule has 7 nitrogen and oxygen atoms in total. The van der Waals surface area contributed by atoms with Crippen LogP contribution in [0.5, 0.6) is 0 Å². The predicted octanol–water partition coefficient (Wildman–Crippen LogP) is 4.34. The first-order valence-electron chi connectivity index (χ1n) is 11.9. The molecule has 6 rings (SSSR count). The van der Waals surface area contributed by atoms with Crippen LogP contribution in [0.4, 0.5) is 38.9 Å². The molecule has 0 radical (unpaired) electrons. The Morgan fingerprint density at radius 2 is 1.65 bits per heavy atom. The van der Waals surface area contributed by atoms with Crippen LogP contribution in [0.25, 0.3) is 0 Å². The fourth-order valence-electron chi connectivity index (χ4n) is 5.18. The Bertz CT molecular complexity index is 1200. The van der Waals surface area contributed by atoms with Gasteiger partial charge in [-0.15, -0.1) is 0 Å². The van der Waals surface area contributed by atoms with E-state index in [1.54, 1.807) is 0 Å². The first-order chi connectivity index (χ1) is 16.5. The first kappa shape index (κ1) is 21.2. The largest absolute Gasteiger partial charge is 0.373 e. The van der Waals surface area contributed by atoms with E-state index in [1.807, 2.05) is 18.2 Å². The van der Waals surface area contributed by atoms with Crippen molar-refractivity contribution < 1.29 is 4.39 Å². The summed E-state index contributed by atoms with van der Waals surface area (Å²) in [5.74, 6) is 0.0308. The number of hydrogen-bond acceptors (Lipinski definition) is 7. The van der Waals surface area contributed by atoms with Crippen LogP contribution in [0, 0.1) is 5.82 Å². The van der Waals surface area contributed by atoms with Crippen molar-refractivity contribution in [3.8, 4) is 0 Å². The van der Waals surface area contributed by atoms with Gasteiger partial charge in [-0.3, -0.25) is 0 Å². The van der Waals surface area contributed by atoms with Crippen LogP contribution >= 0.6 is 0 Å². The van der Waals surface area contributed by atoms with Gasteiger partial charge in [-0.05, 0) is 61.9 Å². The zero-order valence-corrected chi connectivity index (χ0v) is 19.7. The first-order valence-corrected chi connectivity index (χ1v) is 11.9. The van der Waals surface area contributed by atoms with Crippen LogP contribution in [0.2, 0.25) is 0 Å². The number of benzene rings is 2. The maximum atomic E-state index is 14.5. The second-order valence-electron chi connectivity index (χ2n) is 9.85. The molecule has 8 heteroatoms. The molecule has 1 aliphatic carbocycles. The second-order valence-corrected chi connectivity index (χ2v) is 9.85. The van der Waals surface area contributed by atoms with Gasteiger partial charge in [0.1, 0.15) is 0 Å². The summed E-state index contributed by atoms with van der Waals surface area (Å²) in [6.45, 7) is 5.26. The molecular weight excluding hydrogens is 429 g/mol. The van der Waals surface area contributed by atoms with E-state index in [2.05, 4.69) is 73.7 Å². The van der Waals surface area contributed by atoms with Crippen LogP contribution in [0.1, 0.15) is 18.4 Å². The van der Waals surface area contributed by atoms with Gasteiger partial charge < -0.3 is 25.3 Å². The Kier molecular flexibility index (Phi) is 5.06. The Morgan fingerprint density at radius 3 is 2.38 bits per heavy atom. The molecule has 34 heavy (non-hydrogen) atoms. The number of piperazine rings is 1. The van der Waals surface area contributed by atoms with Crippen molar-refractivity contribution in [2.24, 2.45) is 0 Å². The fourth-order valence-corrected chi connectivity index (χ4v) is 5.18. The van der Waals surface area contributed by atoms with E-state index >= 15 is 0 Å². The number of fused-ring (bicyclic) bond motifs is 2. The third kappa shape index (κ3) is 3.92. The molecule has 2 fully saturated rings. The van der Waals surface area contributed by atoms with E-state index in [0.29, 0.717) is 11.4 Å². The molecule has 1 aromatic heterocycles. The Labute approximate surface area is 199 Å². The Hall–Kier alpha value is -3.39. The summed E-state index contributed by atoms with van der Waals surface area (Å²) >= 11 is 0. The van der Waals surface area contributed by atoms with E-state index in [-0.39, 0.29) is 5.82 Å². The number of nitrogens with one attached hydrogen (secondary N) is 2. The van der Waals surface area contributed by atoms with Gasteiger partial charge in [0.15, 0.2) is 11.6 Å². The molecule has 0 unspecified atom stereocenters. The van der Waals surface area contributed by atoms with Gasteiger partial charge in [-0.25, -0.2) is 9.37 Å². The number of rotatable bonds is 5. The van der Waals surface area contributed by atoms with Crippen LogP contribution in [0.3, 0.4) is 0 Å². The summed E-state index contributed by atoms with van der Waals surface area (Å²) in [5.41, 5.74) is 5.87. The number of aromatic nitrogens is 2. The lowest BCUT2D eigenvalue weighted by Gasteiger charge is -2.34. The van der Waals surface area contributed by atoms with Crippen LogP contribution in [-0.2, 0) is 5.41 Å². The second kappa shape index (κ2) is 8.13. The van der Waals surface area contributed by atoms with Crippen molar-refractivity contribution >= 4 is 34.5 Å². The minimum Gasteiger partial charge on any atom is -0.373 e. The van der Waals surface area contributed by atoms with Gasteiger partial charge >= 0.3 is 0 Å². The summed E-state index contributed by atoms with van der Waals surface area (Å²) in [7, 11) is 4.28. The Balaban J connectivity index is 1.16. The summed E-state index contributed by atoms with van der Waals surface area (Å²) in [4.78, 5) is 15.6. The van der Waals surface area contributed by atoms with Gasteiger partial charge in [0.25, 0.3) is 0 Å². The number of anilines is 6. The number of halogens is 1. The molecule has 1 saturated carbocycles. The van der Waals surface area contributed by atoms with E-state index in [9.17, 15) is 4.39 Å². The topological polar surface area (TPSA) is 59.6 Å². The van der Waals surface area contributed by atoms with Gasteiger partial charge in [-0.2, -0.15) is 4.98 Å². The molecular formula is C26H30FN7. The highest BCUT2D eigenvalue weighted by atomic mass is 19.1. The summed E-state index contributed by atoms with van der Waals surface area (Å²) in [6.07, 6.45) is 3.71. The lowest BCUT2D eigenvalue weighted by atomic mass is 9.98. The smallest absolute Gasteiger partial charge is 0.229 e. The minimum absolute atomic E-state index is 0.160. The van der Waals surface area contributed by atoms with Crippen molar-refractivity contribution in [2.45, 2.75) is 18.3 Å². The third-order valence-corrected chi connectivity index (χ3v) is 7.37. The van der Waals surface area contributed by atoms with E-state index in [1.165, 1.54) is 36.0 Å². The monoisotopic (exact) mass is 459 g/mol. The number of nitrogens with zero attached hydrogens (tertiary/aromatic N) is 5. The molecule has 176 valence electrons. The third-order valence-electron chi connectivity index (χ3n) is 7.37. The lowest BCUT2D eigenvalue weighted by molar-refractivity contribution is 0.313. The molecule has 3 aliphatic rings. The van der Waals surface area contributed by atoms with E-state index in [4.69, 9.17) is 0 Å². The molecule has 2 aliphatic heterocycles. The molecule has 0 atom stereocenters. The predicted molar refractivity (Wildman–Crippen MR) is 135 cm³/mol. The lowest BCUT2D eigenvalue weighted by Crippen LogP contribution is -2.44. The van der Waals surface area contributed by atoms with Crippen molar-refractivity contribution in [1.29, 1.82) is 0 Å².